The summed E-state index contributed by atoms with van der Waals surface area (Å²) in [6, 6.07) is 24.2. The van der Waals surface area contributed by atoms with Gasteiger partial charge in [0.1, 0.15) is 0 Å². The maximum atomic E-state index is 2.26. The summed E-state index contributed by atoms with van der Waals surface area (Å²) in [6.45, 7) is 6.15. The van der Waals surface area contributed by atoms with E-state index in [1.54, 1.807) is 0 Å². The Morgan fingerprint density at radius 1 is 0.571 bits per heavy atom. The van der Waals surface area contributed by atoms with E-state index in [0.29, 0.717) is 0 Å². The third-order valence-corrected chi connectivity index (χ3v) is 3.88. The van der Waals surface area contributed by atoms with Crippen molar-refractivity contribution >= 4 is 32.3 Å². The monoisotopic (exact) mass is 272 g/mol. The fourth-order valence-corrected chi connectivity index (χ4v) is 2.96. The van der Waals surface area contributed by atoms with Gasteiger partial charge >= 0.3 is 0 Å². The molecule has 0 amide bonds. The van der Waals surface area contributed by atoms with Gasteiger partial charge < -0.3 is 0 Å². The predicted octanol–water partition coefficient (Wildman–Crippen LogP) is 6.48. The number of hydrogen-bond donors (Lipinski definition) is 0. The molecule has 21 heavy (non-hydrogen) atoms. The third kappa shape index (κ3) is 2.27. The van der Waals surface area contributed by atoms with Crippen molar-refractivity contribution in [2.75, 3.05) is 0 Å². The normalized spacial score (nSPS) is 10.6. The van der Waals surface area contributed by atoms with Gasteiger partial charge in [-0.2, -0.15) is 0 Å². The fourth-order valence-electron chi connectivity index (χ4n) is 2.96. The highest BCUT2D eigenvalue weighted by Gasteiger charge is 2.04. The first-order chi connectivity index (χ1) is 10.3. The van der Waals surface area contributed by atoms with Crippen LogP contribution in [0.15, 0.2) is 66.7 Å². The Hall–Kier alpha value is -2.34. The van der Waals surface area contributed by atoms with Gasteiger partial charge in [-0.3, -0.25) is 0 Å². The van der Waals surface area contributed by atoms with Gasteiger partial charge in [-0.15, -0.1) is 0 Å². The summed E-state index contributed by atoms with van der Waals surface area (Å²) in [4.78, 5) is 0. The van der Waals surface area contributed by atoms with Crippen molar-refractivity contribution in [1.82, 2.24) is 0 Å². The Kier molecular flexibility index (Phi) is 3.62. The van der Waals surface area contributed by atoms with Crippen LogP contribution in [0.25, 0.3) is 32.3 Å². The molecule has 0 fully saturated rings. The first-order valence-corrected chi connectivity index (χ1v) is 7.64. The van der Waals surface area contributed by atoms with Crippen LogP contribution in [0, 0.1) is 6.92 Å². The molecule has 0 saturated heterocycles. The molecule has 0 aliphatic rings. The zero-order valence-electron chi connectivity index (χ0n) is 12.9. The Labute approximate surface area is 126 Å². The summed E-state index contributed by atoms with van der Waals surface area (Å²) in [7, 11) is 0. The van der Waals surface area contributed by atoms with Gasteiger partial charge in [0.05, 0.1) is 0 Å². The smallest absolute Gasteiger partial charge is 0.00268 e. The number of hydrogen-bond acceptors (Lipinski definition) is 0. The molecule has 0 atom stereocenters. The van der Waals surface area contributed by atoms with Crippen LogP contribution in [0.3, 0.4) is 0 Å². The van der Waals surface area contributed by atoms with Gasteiger partial charge in [0.15, 0.2) is 0 Å². The Balaban J connectivity index is 0.000000636. The quantitative estimate of drug-likeness (QED) is 0.321. The summed E-state index contributed by atoms with van der Waals surface area (Å²) < 4.78 is 0. The maximum absolute atomic E-state index is 2.26. The molecule has 0 N–H and O–H groups in total. The van der Waals surface area contributed by atoms with Crippen LogP contribution in [0.2, 0.25) is 0 Å². The molecule has 0 heterocycles. The first kappa shape index (κ1) is 13.6. The highest BCUT2D eigenvalue weighted by atomic mass is 14.1. The van der Waals surface area contributed by atoms with Crippen molar-refractivity contribution < 1.29 is 0 Å². The fraction of sp³-hybridized carbons (Fsp3) is 0.143. The molecule has 0 heteroatoms. The third-order valence-electron chi connectivity index (χ3n) is 3.88. The van der Waals surface area contributed by atoms with Crippen molar-refractivity contribution in [3.05, 3.63) is 72.3 Å². The summed E-state index contributed by atoms with van der Waals surface area (Å²) in [5, 5.41) is 8.01. The van der Waals surface area contributed by atoms with Crippen LogP contribution >= 0.6 is 0 Å². The van der Waals surface area contributed by atoms with Gasteiger partial charge in [0.2, 0.25) is 0 Å². The van der Waals surface area contributed by atoms with E-state index in [1.165, 1.54) is 37.9 Å². The van der Waals surface area contributed by atoms with Crippen LogP contribution in [0.4, 0.5) is 0 Å². The Morgan fingerprint density at radius 2 is 1.19 bits per heavy atom. The molecule has 0 aliphatic heterocycles. The van der Waals surface area contributed by atoms with E-state index in [2.05, 4.69) is 73.7 Å². The summed E-state index contributed by atoms with van der Waals surface area (Å²) in [5.41, 5.74) is 1.31. The highest BCUT2D eigenvalue weighted by molar-refractivity contribution is 6.20. The molecule has 0 aliphatic carbocycles. The SMILES string of the molecule is CC.Cc1ccc2c(ccc3ccc4ccccc4c32)c1. The molecule has 0 bridgehead atoms. The average Bonchev–Trinajstić information content (AvgIpc) is 2.56. The van der Waals surface area contributed by atoms with Crippen LogP contribution in [-0.2, 0) is 0 Å². The average molecular weight is 272 g/mol. The van der Waals surface area contributed by atoms with E-state index in [-0.39, 0.29) is 0 Å². The molecule has 0 radical (unpaired) electrons. The number of rotatable bonds is 0. The van der Waals surface area contributed by atoms with E-state index in [1.807, 2.05) is 13.8 Å². The van der Waals surface area contributed by atoms with Gasteiger partial charge in [-0.05, 0) is 39.2 Å². The second-order valence-corrected chi connectivity index (χ2v) is 5.17. The molecule has 0 unspecified atom stereocenters. The van der Waals surface area contributed by atoms with E-state index in [0.717, 1.165) is 0 Å². The van der Waals surface area contributed by atoms with Crippen molar-refractivity contribution in [3.8, 4) is 0 Å². The van der Waals surface area contributed by atoms with Crippen LogP contribution in [0.1, 0.15) is 19.4 Å². The molecular formula is C21H20. The second kappa shape index (κ2) is 5.57. The highest BCUT2D eigenvalue weighted by Crippen LogP contribution is 2.32. The molecular weight excluding hydrogens is 252 g/mol. The topological polar surface area (TPSA) is 0 Å². The lowest BCUT2D eigenvalue weighted by atomic mass is 9.96. The van der Waals surface area contributed by atoms with Crippen LogP contribution in [-0.4, -0.2) is 0 Å². The lowest BCUT2D eigenvalue weighted by Crippen LogP contribution is -1.81. The summed E-state index contributed by atoms with van der Waals surface area (Å²) >= 11 is 0. The minimum atomic E-state index is 1.31. The molecule has 4 aromatic rings. The number of benzene rings is 4. The molecule has 104 valence electrons. The van der Waals surface area contributed by atoms with Crippen molar-refractivity contribution in [2.45, 2.75) is 20.8 Å². The van der Waals surface area contributed by atoms with Gasteiger partial charge in [0, 0.05) is 0 Å². The zero-order chi connectivity index (χ0) is 14.8. The summed E-state index contributed by atoms with van der Waals surface area (Å²) in [6.07, 6.45) is 0. The minimum Gasteiger partial charge on any atom is -0.0683 e. The number of aryl methyl sites for hydroxylation is 1. The van der Waals surface area contributed by atoms with E-state index in [4.69, 9.17) is 0 Å². The molecule has 0 nitrogen and oxygen atoms in total. The van der Waals surface area contributed by atoms with Gasteiger partial charge in [-0.25, -0.2) is 0 Å². The molecule has 0 aromatic heterocycles. The molecule has 0 spiro atoms. The van der Waals surface area contributed by atoms with Crippen molar-refractivity contribution in [3.63, 3.8) is 0 Å². The number of fused-ring (bicyclic) bond motifs is 5. The van der Waals surface area contributed by atoms with E-state index >= 15 is 0 Å². The maximum Gasteiger partial charge on any atom is -0.00268 e. The second-order valence-electron chi connectivity index (χ2n) is 5.17. The first-order valence-electron chi connectivity index (χ1n) is 7.64. The van der Waals surface area contributed by atoms with E-state index in [9.17, 15) is 0 Å². The Morgan fingerprint density at radius 3 is 2.00 bits per heavy atom. The van der Waals surface area contributed by atoms with E-state index < -0.39 is 0 Å². The standard InChI is InChI=1S/C19H14.C2H6/c1-13-6-11-18-16(12-13)10-9-15-8-7-14-4-2-3-5-17(14)19(15)18;1-2/h2-12H,1H3;1-2H3. The van der Waals surface area contributed by atoms with Crippen LogP contribution in [0.5, 0.6) is 0 Å². The van der Waals surface area contributed by atoms with Gasteiger partial charge in [-0.1, -0.05) is 86.1 Å². The van der Waals surface area contributed by atoms with Crippen molar-refractivity contribution in [2.24, 2.45) is 0 Å². The van der Waals surface area contributed by atoms with Crippen molar-refractivity contribution in [1.29, 1.82) is 0 Å². The lowest BCUT2D eigenvalue weighted by molar-refractivity contribution is 1.50. The Bertz CT molecular complexity index is 917. The lowest BCUT2D eigenvalue weighted by Gasteiger charge is -2.08. The molecule has 0 saturated carbocycles. The molecule has 4 rings (SSSR count). The largest absolute Gasteiger partial charge is 0.0683 e. The van der Waals surface area contributed by atoms with Crippen LogP contribution < -0.4 is 0 Å². The zero-order valence-corrected chi connectivity index (χ0v) is 12.9. The minimum absolute atomic E-state index is 1.31. The molecule has 4 aromatic carbocycles. The predicted molar refractivity (Wildman–Crippen MR) is 95.0 cm³/mol. The summed E-state index contributed by atoms with van der Waals surface area (Å²) in [5.74, 6) is 0. The van der Waals surface area contributed by atoms with Gasteiger partial charge in [0.25, 0.3) is 0 Å².